The topological polar surface area (TPSA) is 62.2 Å². The lowest BCUT2D eigenvalue weighted by Crippen LogP contribution is -2.27. The van der Waals surface area contributed by atoms with Crippen LogP contribution in [-0.2, 0) is 6.54 Å². The maximum Gasteiger partial charge on any atom is 0.272 e. The standard InChI is InChI=1S/C17H18ClFN4O/c1-10(2)17(13-4-3-11(18)7-14(13)19)20-9-12-8-16(24)23-15(22-12)5-6-21-23/h3-8,10,17,20-21H,9H2,1-2H3/t17-/m1/s1. The van der Waals surface area contributed by atoms with Crippen LogP contribution in [0.25, 0.3) is 5.65 Å². The Morgan fingerprint density at radius 2 is 2.12 bits per heavy atom. The Kier molecular flexibility index (Phi) is 4.69. The first-order valence-electron chi connectivity index (χ1n) is 7.70. The molecule has 7 heteroatoms. The van der Waals surface area contributed by atoms with Crippen LogP contribution in [0.3, 0.4) is 0 Å². The molecule has 1 aromatic carbocycles. The molecule has 0 aliphatic carbocycles. The molecule has 5 nitrogen and oxygen atoms in total. The lowest BCUT2D eigenvalue weighted by atomic mass is 9.95. The second-order valence-electron chi connectivity index (χ2n) is 6.01. The molecule has 0 unspecified atom stereocenters. The molecule has 0 amide bonds. The summed E-state index contributed by atoms with van der Waals surface area (Å²) in [6.45, 7) is 4.37. The minimum atomic E-state index is -0.345. The normalized spacial score (nSPS) is 12.9. The van der Waals surface area contributed by atoms with Gasteiger partial charge in [0.15, 0.2) is 5.65 Å². The van der Waals surface area contributed by atoms with E-state index >= 15 is 0 Å². The van der Waals surface area contributed by atoms with Gasteiger partial charge in [-0.25, -0.2) is 13.9 Å². The van der Waals surface area contributed by atoms with Crippen LogP contribution in [0.4, 0.5) is 4.39 Å². The molecule has 0 saturated heterocycles. The van der Waals surface area contributed by atoms with E-state index in [1.165, 1.54) is 16.6 Å². The molecule has 2 aromatic heterocycles. The molecule has 0 spiro atoms. The maximum atomic E-state index is 14.2. The second kappa shape index (κ2) is 6.75. The lowest BCUT2D eigenvalue weighted by molar-refractivity contribution is 0.394. The van der Waals surface area contributed by atoms with Crippen molar-refractivity contribution in [3.05, 3.63) is 69.0 Å². The van der Waals surface area contributed by atoms with Gasteiger partial charge in [0.25, 0.3) is 5.56 Å². The zero-order chi connectivity index (χ0) is 17.3. The Bertz CT molecular complexity index is 918. The Labute approximate surface area is 143 Å². The minimum Gasteiger partial charge on any atom is -0.304 e. The van der Waals surface area contributed by atoms with Crippen molar-refractivity contribution in [3.63, 3.8) is 0 Å². The average molecular weight is 349 g/mol. The molecule has 0 bridgehead atoms. The highest BCUT2D eigenvalue weighted by atomic mass is 35.5. The highest BCUT2D eigenvalue weighted by Crippen LogP contribution is 2.26. The SMILES string of the molecule is CC(C)[C@@H](NCc1cc(=O)n2[nH]ccc2n1)c1ccc(Cl)cc1F. The predicted molar refractivity (Wildman–Crippen MR) is 91.6 cm³/mol. The maximum absolute atomic E-state index is 14.2. The smallest absolute Gasteiger partial charge is 0.272 e. The number of hydrogen-bond donors (Lipinski definition) is 2. The molecule has 3 aromatic rings. The number of aromatic nitrogens is 3. The number of aromatic amines is 1. The monoisotopic (exact) mass is 348 g/mol. The fraction of sp³-hybridized carbons (Fsp3) is 0.294. The van der Waals surface area contributed by atoms with Crippen LogP contribution in [0.15, 0.2) is 41.3 Å². The summed E-state index contributed by atoms with van der Waals surface area (Å²) in [6.07, 6.45) is 1.65. The van der Waals surface area contributed by atoms with Crippen molar-refractivity contribution >= 4 is 17.2 Å². The first-order chi connectivity index (χ1) is 11.5. The zero-order valence-electron chi connectivity index (χ0n) is 13.4. The van der Waals surface area contributed by atoms with Crippen molar-refractivity contribution in [3.8, 4) is 0 Å². The number of halogens is 2. The third-order valence-electron chi connectivity index (χ3n) is 3.90. The average Bonchev–Trinajstić information content (AvgIpc) is 2.98. The third kappa shape index (κ3) is 3.34. The number of H-pyrrole nitrogens is 1. The Hall–Kier alpha value is -2.18. The largest absolute Gasteiger partial charge is 0.304 e. The molecular weight excluding hydrogens is 331 g/mol. The summed E-state index contributed by atoms with van der Waals surface area (Å²) < 4.78 is 15.6. The number of hydrogen-bond acceptors (Lipinski definition) is 3. The molecule has 0 aliphatic heterocycles. The van der Waals surface area contributed by atoms with Crippen molar-refractivity contribution in [1.29, 1.82) is 0 Å². The first-order valence-corrected chi connectivity index (χ1v) is 8.08. The minimum absolute atomic E-state index is 0.151. The van der Waals surface area contributed by atoms with Crippen LogP contribution in [0.5, 0.6) is 0 Å². The highest BCUT2D eigenvalue weighted by Gasteiger charge is 2.19. The number of fused-ring (bicyclic) bond motifs is 1. The predicted octanol–water partition coefficient (Wildman–Crippen LogP) is 3.30. The Morgan fingerprint density at radius 1 is 1.33 bits per heavy atom. The molecule has 2 N–H and O–H groups in total. The molecule has 126 valence electrons. The number of nitrogens with zero attached hydrogens (tertiary/aromatic N) is 2. The summed E-state index contributed by atoms with van der Waals surface area (Å²) in [6, 6.07) is 7.65. The summed E-state index contributed by atoms with van der Waals surface area (Å²) >= 11 is 5.83. The molecule has 2 heterocycles. The fourth-order valence-corrected chi connectivity index (χ4v) is 2.90. The number of nitrogens with one attached hydrogen (secondary N) is 2. The van der Waals surface area contributed by atoms with E-state index in [9.17, 15) is 9.18 Å². The van der Waals surface area contributed by atoms with E-state index in [4.69, 9.17) is 11.6 Å². The van der Waals surface area contributed by atoms with Crippen molar-refractivity contribution in [2.24, 2.45) is 5.92 Å². The lowest BCUT2D eigenvalue weighted by Gasteiger charge is -2.23. The van der Waals surface area contributed by atoms with Crippen molar-refractivity contribution in [1.82, 2.24) is 19.9 Å². The van der Waals surface area contributed by atoms with Crippen LogP contribution in [0.1, 0.15) is 31.1 Å². The Morgan fingerprint density at radius 3 is 2.83 bits per heavy atom. The molecule has 24 heavy (non-hydrogen) atoms. The van der Waals surface area contributed by atoms with E-state index in [1.807, 2.05) is 13.8 Å². The first kappa shape index (κ1) is 16.7. The van der Waals surface area contributed by atoms with Crippen LogP contribution >= 0.6 is 11.6 Å². The quantitative estimate of drug-likeness (QED) is 0.743. The van der Waals surface area contributed by atoms with Gasteiger partial charge < -0.3 is 5.32 Å². The second-order valence-corrected chi connectivity index (χ2v) is 6.45. The van der Waals surface area contributed by atoms with Crippen LogP contribution in [0.2, 0.25) is 5.02 Å². The van der Waals surface area contributed by atoms with Gasteiger partial charge in [0.2, 0.25) is 0 Å². The van der Waals surface area contributed by atoms with Crippen LogP contribution in [0, 0.1) is 11.7 Å². The molecular formula is C17H18ClFN4O. The molecule has 0 saturated carbocycles. The van der Waals surface area contributed by atoms with E-state index in [0.29, 0.717) is 28.5 Å². The van der Waals surface area contributed by atoms with Crippen LogP contribution < -0.4 is 10.9 Å². The van der Waals surface area contributed by atoms with Crippen molar-refractivity contribution in [2.45, 2.75) is 26.4 Å². The zero-order valence-corrected chi connectivity index (χ0v) is 14.1. The van der Waals surface area contributed by atoms with Gasteiger partial charge in [-0.2, -0.15) is 0 Å². The summed E-state index contributed by atoms with van der Waals surface area (Å²) in [4.78, 5) is 16.4. The summed E-state index contributed by atoms with van der Waals surface area (Å²) in [5, 5.41) is 6.46. The van der Waals surface area contributed by atoms with E-state index in [2.05, 4.69) is 15.4 Å². The van der Waals surface area contributed by atoms with Crippen molar-refractivity contribution in [2.75, 3.05) is 0 Å². The van der Waals surface area contributed by atoms with Gasteiger partial charge in [0, 0.05) is 41.5 Å². The fourth-order valence-electron chi connectivity index (χ4n) is 2.74. The number of benzene rings is 1. The summed E-state index contributed by atoms with van der Waals surface area (Å²) in [5.41, 5.74) is 1.53. The van der Waals surface area contributed by atoms with Gasteiger partial charge in [-0.15, -0.1) is 0 Å². The van der Waals surface area contributed by atoms with Crippen LogP contribution in [-0.4, -0.2) is 14.6 Å². The van der Waals surface area contributed by atoms with Gasteiger partial charge in [-0.05, 0) is 18.1 Å². The van der Waals surface area contributed by atoms with E-state index in [1.54, 1.807) is 24.4 Å². The van der Waals surface area contributed by atoms with Crippen molar-refractivity contribution < 1.29 is 4.39 Å². The molecule has 0 fully saturated rings. The summed E-state index contributed by atoms with van der Waals surface area (Å²) in [5.74, 6) is -0.194. The molecule has 0 radical (unpaired) electrons. The van der Waals surface area contributed by atoms with Gasteiger partial charge >= 0.3 is 0 Å². The van der Waals surface area contributed by atoms with E-state index in [0.717, 1.165) is 0 Å². The van der Waals surface area contributed by atoms with Gasteiger partial charge in [-0.1, -0.05) is 31.5 Å². The van der Waals surface area contributed by atoms with E-state index in [-0.39, 0.29) is 23.3 Å². The third-order valence-corrected chi connectivity index (χ3v) is 4.14. The highest BCUT2D eigenvalue weighted by molar-refractivity contribution is 6.30. The van der Waals surface area contributed by atoms with E-state index < -0.39 is 0 Å². The molecule has 1 atom stereocenters. The molecule has 0 aliphatic rings. The van der Waals surface area contributed by atoms with Gasteiger partial charge in [0.1, 0.15) is 5.82 Å². The summed E-state index contributed by atoms with van der Waals surface area (Å²) in [7, 11) is 0. The molecule has 3 rings (SSSR count). The number of rotatable bonds is 5. The van der Waals surface area contributed by atoms with Gasteiger partial charge in [-0.3, -0.25) is 9.89 Å². The van der Waals surface area contributed by atoms with Gasteiger partial charge in [0.05, 0.1) is 5.69 Å². The Balaban J connectivity index is 1.84.